The number of piperazine rings is 1. The largest absolute Gasteiger partial charge is 0.464 e. The molecule has 1 saturated heterocycles. The topological polar surface area (TPSA) is 58.6 Å². The van der Waals surface area contributed by atoms with Crippen molar-refractivity contribution in [3.63, 3.8) is 0 Å². The molecule has 0 bridgehead atoms. The van der Waals surface area contributed by atoms with Gasteiger partial charge in [-0.15, -0.1) is 0 Å². The number of benzene rings is 1. The van der Waals surface area contributed by atoms with Crippen molar-refractivity contribution in [2.75, 3.05) is 26.2 Å². The molecule has 1 aliphatic heterocycles. The first-order valence-electron chi connectivity index (χ1n) is 6.57. The fourth-order valence-corrected chi connectivity index (χ4v) is 2.51. The zero-order chi connectivity index (χ0) is 14.5. The van der Waals surface area contributed by atoms with E-state index < -0.39 is 6.04 Å². The van der Waals surface area contributed by atoms with Crippen LogP contribution in [0.15, 0.2) is 24.3 Å². The second-order valence-electron chi connectivity index (χ2n) is 4.48. The first-order chi connectivity index (χ1) is 9.63. The van der Waals surface area contributed by atoms with Crippen LogP contribution in [0, 0.1) is 3.57 Å². The van der Waals surface area contributed by atoms with Gasteiger partial charge in [-0.1, -0.05) is 0 Å². The van der Waals surface area contributed by atoms with E-state index in [0.29, 0.717) is 31.8 Å². The SMILES string of the molecule is CCOC(=O)C1CNCCN1C(=O)c1ccc(I)cc1. The summed E-state index contributed by atoms with van der Waals surface area (Å²) in [6.07, 6.45) is 0. The Morgan fingerprint density at radius 2 is 2.10 bits per heavy atom. The first kappa shape index (κ1) is 15.2. The van der Waals surface area contributed by atoms with Crippen LogP contribution in [-0.4, -0.2) is 49.1 Å². The fraction of sp³-hybridized carbons (Fsp3) is 0.429. The van der Waals surface area contributed by atoms with Crippen molar-refractivity contribution in [2.24, 2.45) is 0 Å². The molecule has 6 heteroatoms. The molecule has 1 aromatic carbocycles. The molecule has 0 radical (unpaired) electrons. The maximum Gasteiger partial charge on any atom is 0.330 e. The number of hydrogen-bond acceptors (Lipinski definition) is 4. The summed E-state index contributed by atoms with van der Waals surface area (Å²) in [4.78, 5) is 26.1. The van der Waals surface area contributed by atoms with E-state index in [1.54, 1.807) is 24.0 Å². The average molecular weight is 388 g/mol. The zero-order valence-electron chi connectivity index (χ0n) is 11.3. The van der Waals surface area contributed by atoms with Crippen LogP contribution in [0.5, 0.6) is 0 Å². The quantitative estimate of drug-likeness (QED) is 0.626. The molecule has 1 aromatic rings. The van der Waals surface area contributed by atoms with Gasteiger partial charge < -0.3 is 15.0 Å². The third-order valence-electron chi connectivity index (χ3n) is 3.15. The second kappa shape index (κ2) is 7.03. The normalized spacial score (nSPS) is 18.7. The number of rotatable bonds is 3. The number of hydrogen-bond donors (Lipinski definition) is 1. The summed E-state index contributed by atoms with van der Waals surface area (Å²) in [6, 6.07) is 6.79. The molecule has 2 rings (SSSR count). The van der Waals surface area contributed by atoms with E-state index in [-0.39, 0.29) is 11.9 Å². The van der Waals surface area contributed by atoms with Gasteiger partial charge in [0, 0.05) is 28.8 Å². The molecule has 108 valence electrons. The van der Waals surface area contributed by atoms with Crippen LogP contribution in [0.3, 0.4) is 0 Å². The number of nitrogens with zero attached hydrogens (tertiary/aromatic N) is 1. The maximum absolute atomic E-state index is 12.5. The van der Waals surface area contributed by atoms with E-state index in [9.17, 15) is 9.59 Å². The predicted octanol–water partition coefficient (Wildman–Crippen LogP) is 1.27. The molecule has 0 saturated carbocycles. The van der Waals surface area contributed by atoms with E-state index in [4.69, 9.17) is 4.74 Å². The smallest absolute Gasteiger partial charge is 0.330 e. The van der Waals surface area contributed by atoms with Gasteiger partial charge in [0.15, 0.2) is 0 Å². The van der Waals surface area contributed by atoms with Crippen molar-refractivity contribution in [3.8, 4) is 0 Å². The Labute approximate surface area is 131 Å². The highest BCUT2D eigenvalue weighted by molar-refractivity contribution is 14.1. The number of halogens is 1. The second-order valence-corrected chi connectivity index (χ2v) is 5.72. The molecule has 0 aromatic heterocycles. The summed E-state index contributed by atoms with van der Waals surface area (Å²) in [6.45, 7) is 3.72. The van der Waals surface area contributed by atoms with Crippen LogP contribution in [0.25, 0.3) is 0 Å². The van der Waals surface area contributed by atoms with Gasteiger partial charge >= 0.3 is 5.97 Å². The van der Waals surface area contributed by atoms with Crippen LogP contribution in [-0.2, 0) is 9.53 Å². The standard InChI is InChI=1S/C14H17IN2O3/c1-2-20-14(19)12-9-16-7-8-17(12)13(18)10-3-5-11(15)6-4-10/h3-6,12,16H,2,7-9H2,1H3. The summed E-state index contributed by atoms with van der Waals surface area (Å²) < 4.78 is 6.11. The minimum atomic E-state index is -0.546. The molecule has 1 heterocycles. The van der Waals surface area contributed by atoms with Crippen molar-refractivity contribution in [1.29, 1.82) is 0 Å². The van der Waals surface area contributed by atoms with Crippen LogP contribution >= 0.6 is 22.6 Å². The van der Waals surface area contributed by atoms with Crippen LogP contribution < -0.4 is 5.32 Å². The Kier molecular flexibility index (Phi) is 5.36. The Balaban J connectivity index is 2.16. The van der Waals surface area contributed by atoms with Crippen molar-refractivity contribution in [3.05, 3.63) is 33.4 Å². The van der Waals surface area contributed by atoms with Crippen molar-refractivity contribution >= 4 is 34.5 Å². The molecular weight excluding hydrogens is 371 g/mol. The first-order valence-corrected chi connectivity index (χ1v) is 7.65. The molecule has 1 aliphatic rings. The molecule has 20 heavy (non-hydrogen) atoms. The molecule has 0 aliphatic carbocycles. The maximum atomic E-state index is 12.5. The number of nitrogens with one attached hydrogen (secondary N) is 1. The molecule has 1 amide bonds. The third kappa shape index (κ3) is 3.49. The van der Waals surface area contributed by atoms with E-state index in [0.717, 1.165) is 3.57 Å². The fourth-order valence-electron chi connectivity index (χ4n) is 2.15. The molecule has 0 spiro atoms. The third-order valence-corrected chi connectivity index (χ3v) is 3.87. The summed E-state index contributed by atoms with van der Waals surface area (Å²) >= 11 is 2.19. The molecule has 1 N–H and O–H groups in total. The van der Waals surface area contributed by atoms with Gasteiger partial charge in [0.05, 0.1) is 6.61 Å². The predicted molar refractivity (Wildman–Crippen MR) is 83.5 cm³/mol. The molecular formula is C14H17IN2O3. The van der Waals surface area contributed by atoms with Crippen molar-refractivity contribution in [2.45, 2.75) is 13.0 Å². The Morgan fingerprint density at radius 3 is 2.75 bits per heavy atom. The van der Waals surface area contributed by atoms with Gasteiger partial charge in [0.1, 0.15) is 6.04 Å². The summed E-state index contributed by atoms with van der Waals surface area (Å²) in [5, 5.41) is 3.12. The highest BCUT2D eigenvalue weighted by Crippen LogP contribution is 2.13. The number of esters is 1. The summed E-state index contributed by atoms with van der Waals surface area (Å²) in [5.74, 6) is -0.473. The number of carbonyl (C=O) groups excluding carboxylic acids is 2. The lowest BCUT2D eigenvalue weighted by Gasteiger charge is -2.34. The molecule has 1 atom stereocenters. The van der Waals surface area contributed by atoms with Gasteiger partial charge in [-0.25, -0.2) is 4.79 Å². The van der Waals surface area contributed by atoms with Gasteiger partial charge in [-0.3, -0.25) is 4.79 Å². The summed E-state index contributed by atoms with van der Waals surface area (Å²) in [5.41, 5.74) is 0.599. The van der Waals surface area contributed by atoms with Gasteiger partial charge in [-0.2, -0.15) is 0 Å². The summed E-state index contributed by atoms with van der Waals surface area (Å²) in [7, 11) is 0. The zero-order valence-corrected chi connectivity index (χ0v) is 13.4. The molecule has 1 fully saturated rings. The lowest BCUT2D eigenvalue weighted by molar-refractivity contribution is -0.149. The number of carbonyl (C=O) groups is 2. The van der Waals surface area contributed by atoms with E-state index in [2.05, 4.69) is 27.9 Å². The van der Waals surface area contributed by atoms with Gasteiger partial charge in [0.25, 0.3) is 5.91 Å². The van der Waals surface area contributed by atoms with Crippen LogP contribution in [0.1, 0.15) is 17.3 Å². The van der Waals surface area contributed by atoms with E-state index in [1.165, 1.54) is 0 Å². The van der Waals surface area contributed by atoms with E-state index >= 15 is 0 Å². The van der Waals surface area contributed by atoms with Gasteiger partial charge in [-0.05, 0) is 53.8 Å². The molecule has 5 nitrogen and oxygen atoms in total. The average Bonchev–Trinajstić information content (AvgIpc) is 2.47. The van der Waals surface area contributed by atoms with Gasteiger partial charge in [0.2, 0.25) is 0 Å². The Bertz CT molecular complexity index is 490. The van der Waals surface area contributed by atoms with Crippen molar-refractivity contribution in [1.82, 2.24) is 10.2 Å². The lowest BCUT2D eigenvalue weighted by atomic mass is 10.1. The number of amides is 1. The van der Waals surface area contributed by atoms with Crippen LogP contribution in [0.4, 0.5) is 0 Å². The Morgan fingerprint density at radius 1 is 1.40 bits per heavy atom. The minimum absolute atomic E-state index is 0.124. The Hall–Kier alpha value is -1.15. The van der Waals surface area contributed by atoms with Crippen molar-refractivity contribution < 1.29 is 14.3 Å². The number of ether oxygens (including phenoxy) is 1. The highest BCUT2D eigenvalue weighted by atomic mass is 127. The van der Waals surface area contributed by atoms with E-state index in [1.807, 2.05) is 12.1 Å². The van der Waals surface area contributed by atoms with Crippen LogP contribution in [0.2, 0.25) is 0 Å². The lowest BCUT2D eigenvalue weighted by Crippen LogP contribution is -2.57. The minimum Gasteiger partial charge on any atom is -0.464 e. The molecule has 1 unspecified atom stereocenters. The highest BCUT2D eigenvalue weighted by Gasteiger charge is 2.33. The monoisotopic (exact) mass is 388 g/mol.